The van der Waals surface area contributed by atoms with Crippen molar-refractivity contribution in [3.8, 4) is 11.5 Å². The van der Waals surface area contributed by atoms with Crippen LogP contribution in [0.4, 0.5) is 0 Å². The molecule has 0 aliphatic carbocycles. The number of fused-ring (bicyclic) bond motifs is 1. The molecular formula is C20H17NO4. The lowest BCUT2D eigenvalue weighted by Crippen LogP contribution is -2.01. The van der Waals surface area contributed by atoms with Crippen molar-refractivity contribution in [1.82, 2.24) is 4.98 Å². The van der Waals surface area contributed by atoms with Gasteiger partial charge in [0, 0.05) is 11.5 Å². The van der Waals surface area contributed by atoms with Gasteiger partial charge < -0.3 is 14.6 Å². The molecule has 0 aliphatic rings. The summed E-state index contributed by atoms with van der Waals surface area (Å²) in [5.41, 5.74) is 2.26. The number of rotatable bonds is 5. The van der Waals surface area contributed by atoms with Gasteiger partial charge in [-0.05, 0) is 23.8 Å². The highest BCUT2D eigenvalue weighted by atomic mass is 16.5. The Kier molecular flexibility index (Phi) is 4.66. The largest absolute Gasteiger partial charge is 0.493 e. The summed E-state index contributed by atoms with van der Waals surface area (Å²) in [5, 5.41) is 10.1. The van der Waals surface area contributed by atoms with Crippen molar-refractivity contribution in [2.45, 2.75) is 0 Å². The number of carboxylic acids is 1. The quantitative estimate of drug-likeness (QED) is 0.759. The number of aromatic carboxylic acids is 1. The van der Waals surface area contributed by atoms with Crippen molar-refractivity contribution in [2.24, 2.45) is 0 Å². The van der Waals surface area contributed by atoms with E-state index in [0.717, 1.165) is 5.56 Å². The third kappa shape index (κ3) is 3.45. The predicted molar refractivity (Wildman–Crippen MR) is 97.2 cm³/mol. The maximum atomic E-state index is 11.7. The standard InChI is InChI=1S/C20H17NO4/c1-24-18-11-15-16(20(22)23)10-14(21-17(15)12-19(18)25-2)9-8-13-6-4-3-5-7-13/h3-12H,1-2H3,(H,22,23)/b9-8+. The molecule has 0 saturated heterocycles. The Balaban J connectivity index is 2.14. The zero-order valence-corrected chi connectivity index (χ0v) is 13.9. The van der Waals surface area contributed by atoms with Crippen molar-refractivity contribution >= 4 is 29.0 Å². The zero-order valence-electron chi connectivity index (χ0n) is 13.9. The second-order valence-electron chi connectivity index (χ2n) is 5.37. The normalized spacial score (nSPS) is 11.0. The van der Waals surface area contributed by atoms with Gasteiger partial charge in [-0.1, -0.05) is 36.4 Å². The third-order valence-electron chi connectivity index (χ3n) is 3.81. The molecule has 0 bridgehead atoms. The van der Waals surface area contributed by atoms with Crippen LogP contribution in [0.2, 0.25) is 0 Å². The van der Waals surface area contributed by atoms with E-state index in [1.165, 1.54) is 14.2 Å². The molecule has 3 rings (SSSR count). The molecule has 1 aromatic heterocycles. The highest BCUT2D eigenvalue weighted by molar-refractivity contribution is 6.04. The minimum Gasteiger partial charge on any atom is -0.493 e. The van der Waals surface area contributed by atoms with Crippen molar-refractivity contribution in [3.05, 3.63) is 65.4 Å². The topological polar surface area (TPSA) is 68.7 Å². The van der Waals surface area contributed by atoms with E-state index in [4.69, 9.17) is 9.47 Å². The molecule has 0 amide bonds. The molecule has 0 spiro atoms. The first-order valence-electron chi connectivity index (χ1n) is 7.65. The molecule has 5 nitrogen and oxygen atoms in total. The number of nitrogens with zero attached hydrogens (tertiary/aromatic N) is 1. The van der Waals surface area contributed by atoms with Crippen LogP contribution < -0.4 is 9.47 Å². The summed E-state index contributed by atoms with van der Waals surface area (Å²) >= 11 is 0. The number of hydrogen-bond acceptors (Lipinski definition) is 4. The molecule has 2 aromatic carbocycles. The van der Waals surface area contributed by atoms with Gasteiger partial charge in [0.05, 0.1) is 31.0 Å². The average Bonchev–Trinajstić information content (AvgIpc) is 2.65. The van der Waals surface area contributed by atoms with E-state index in [0.29, 0.717) is 28.1 Å². The molecule has 0 aliphatic heterocycles. The van der Waals surface area contributed by atoms with E-state index >= 15 is 0 Å². The Bertz CT molecular complexity index is 949. The van der Waals surface area contributed by atoms with E-state index < -0.39 is 5.97 Å². The maximum absolute atomic E-state index is 11.7. The van der Waals surface area contributed by atoms with Crippen LogP contribution in [-0.2, 0) is 0 Å². The number of hydrogen-bond donors (Lipinski definition) is 1. The number of methoxy groups -OCH3 is 2. The molecule has 5 heteroatoms. The highest BCUT2D eigenvalue weighted by Crippen LogP contribution is 2.33. The number of ether oxygens (including phenoxy) is 2. The molecule has 3 aromatic rings. The summed E-state index contributed by atoms with van der Waals surface area (Å²) in [6.07, 6.45) is 3.68. The lowest BCUT2D eigenvalue weighted by molar-refractivity contribution is 0.0699. The highest BCUT2D eigenvalue weighted by Gasteiger charge is 2.15. The van der Waals surface area contributed by atoms with Crippen molar-refractivity contribution in [2.75, 3.05) is 14.2 Å². The first kappa shape index (κ1) is 16.5. The van der Waals surface area contributed by atoms with Gasteiger partial charge in [0.1, 0.15) is 0 Å². The summed E-state index contributed by atoms with van der Waals surface area (Å²) in [7, 11) is 3.04. The van der Waals surface area contributed by atoms with Gasteiger partial charge in [-0.15, -0.1) is 0 Å². The van der Waals surface area contributed by atoms with Crippen LogP contribution >= 0.6 is 0 Å². The fraction of sp³-hybridized carbons (Fsp3) is 0.100. The number of carbonyl (C=O) groups is 1. The minimum absolute atomic E-state index is 0.165. The molecule has 0 radical (unpaired) electrons. The van der Waals surface area contributed by atoms with Gasteiger partial charge in [-0.2, -0.15) is 0 Å². The van der Waals surface area contributed by atoms with Crippen molar-refractivity contribution in [3.63, 3.8) is 0 Å². The fourth-order valence-electron chi connectivity index (χ4n) is 2.58. The Morgan fingerprint density at radius 1 is 1.00 bits per heavy atom. The lowest BCUT2D eigenvalue weighted by Gasteiger charge is -2.11. The lowest BCUT2D eigenvalue weighted by atomic mass is 10.1. The SMILES string of the molecule is COc1cc2nc(/C=C/c3ccccc3)cc(C(=O)O)c2cc1OC. The Hall–Kier alpha value is -3.34. The summed E-state index contributed by atoms with van der Waals surface area (Å²) in [4.78, 5) is 16.2. The molecule has 0 saturated carbocycles. The number of carboxylic acid groups (broad SMARTS) is 1. The third-order valence-corrected chi connectivity index (χ3v) is 3.81. The molecule has 0 fully saturated rings. The molecule has 25 heavy (non-hydrogen) atoms. The molecule has 1 heterocycles. The van der Waals surface area contributed by atoms with Gasteiger partial charge in [0.25, 0.3) is 0 Å². The van der Waals surface area contributed by atoms with E-state index in [9.17, 15) is 9.90 Å². The summed E-state index contributed by atoms with van der Waals surface area (Å²) in [6.45, 7) is 0. The van der Waals surface area contributed by atoms with E-state index in [-0.39, 0.29) is 5.56 Å². The van der Waals surface area contributed by atoms with Crippen LogP contribution in [-0.4, -0.2) is 30.3 Å². The van der Waals surface area contributed by atoms with Crippen LogP contribution in [0.3, 0.4) is 0 Å². The van der Waals surface area contributed by atoms with E-state index in [1.54, 1.807) is 24.3 Å². The van der Waals surface area contributed by atoms with Crippen LogP contribution in [0.25, 0.3) is 23.1 Å². The van der Waals surface area contributed by atoms with Gasteiger partial charge in [-0.25, -0.2) is 9.78 Å². The monoisotopic (exact) mass is 335 g/mol. The number of benzene rings is 2. The number of pyridine rings is 1. The fourth-order valence-corrected chi connectivity index (χ4v) is 2.58. The second kappa shape index (κ2) is 7.05. The van der Waals surface area contributed by atoms with E-state index in [2.05, 4.69) is 4.98 Å². The van der Waals surface area contributed by atoms with Gasteiger partial charge in [-0.3, -0.25) is 0 Å². The first-order valence-corrected chi connectivity index (χ1v) is 7.65. The van der Waals surface area contributed by atoms with Crippen LogP contribution in [0.5, 0.6) is 11.5 Å². The Labute approximate surface area is 145 Å². The molecule has 126 valence electrons. The van der Waals surface area contributed by atoms with Crippen LogP contribution in [0.1, 0.15) is 21.6 Å². The molecule has 0 unspecified atom stereocenters. The summed E-state index contributed by atoms with van der Waals surface area (Å²) in [5.74, 6) is -0.0520. The Morgan fingerprint density at radius 3 is 2.32 bits per heavy atom. The van der Waals surface area contributed by atoms with E-state index in [1.807, 2.05) is 36.4 Å². The predicted octanol–water partition coefficient (Wildman–Crippen LogP) is 4.12. The van der Waals surface area contributed by atoms with Crippen LogP contribution in [0, 0.1) is 0 Å². The summed E-state index contributed by atoms with van der Waals surface area (Å²) < 4.78 is 10.5. The molecular weight excluding hydrogens is 318 g/mol. The number of aromatic nitrogens is 1. The van der Waals surface area contributed by atoms with Crippen molar-refractivity contribution < 1.29 is 19.4 Å². The van der Waals surface area contributed by atoms with Crippen LogP contribution in [0.15, 0.2) is 48.5 Å². The molecule has 1 N–H and O–H groups in total. The van der Waals surface area contributed by atoms with Crippen molar-refractivity contribution in [1.29, 1.82) is 0 Å². The van der Waals surface area contributed by atoms with Gasteiger partial charge in [0.15, 0.2) is 11.5 Å². The van der Waals surface area contributed by atoms with Gasteiger partial charge in [0.2, 0.25) is 0 Å². The zero-order chi connectivity index (χ0) is 17.8. The molecule has 0 atom stereocenters. The maximum Gasteiger partial charge on any atom is 0.336 e. The van der Waals surface area contributed by atoms with Gasteiger partial charge >= 0.3 is 5.97 Å². The minimum atomic E-state index is -1.02. The first-order chi connectivity index (χ1) is 12.1. The summed E-state index contributed by atoms with van der Waals surface area (Å²) in [6, 6.07) is 14.6. The Morgan fingerprint density at radius 2 is 1.68 bits per heavy atom. The average molecular weight is 335 g/mol. The second-order valence-corrected chi connectivity index (χ2v) is 5.37. The smallest absolute Gasteiger partial charge is 0.336 e.